The minimum Gasteiger partial charge on any atom is -0.457 e. The van der Waals surface area contributed by atoms with Crippen LogP contribution in [0.4, 0.5) is 11.6 Å². The fraction of sp³-hybridized carbons (Fsp3) is 0.333. The molecular weight excluding hydrogens is 981 g/mol. The van der Waals surface area contributed by atoms with E-state index < -0.39 is 0 Å². The highest BCUT2D eigenvalue weighted by Crippen LogP contribution is 2.37. The van der Waals surface area contributed by atoms with Crippen LogP contribution < -0.4 is 26.3 Å². The van der Waals surface area contributed by atoms with Crippen molar-refractivity contribution in [1.82, 2.24) is 59.5 Å². The van der Waals surface area contributed by atoms with Crippen molar-refractivity contribution in [3.05, 3.63) is 146 Å². The van der Waals surface area contributed by atoms with Crippen LogP contribution in [0.1, 0.15) is 69.9 Å². The Morgan fingerprint density at radius 3 is 1.58 bits per heavy atom. The van der Waals surface area contributed by atoms with E-state index in [2.05, 4.69) is 37.2 Å². The zero-order chi connectivity index (χ0) is 53.4. The van der Waals surface area contributed by atoms with Gasteiger partial charge in [0.25, 0.3) is 0 Å². The third-order valence-corrected chi connectivity index (χ3v) is 15.4. The fourth-order valence-corrected chi connectivity index (χ4v) is 10.5. The molecular formula is C60H66N14O4. The van der Waals surface area contributed by atoms with Gasteiger partial charge in [0.05, 0.1) is 22.9 Å². The molecule has 2 unspecified atom stereocenters. The number of rotatable bonds is 16. The molecule has 4 aromatic heterocycles. The predicted molar refractivity (Wildman–Crippen MR) is 303 cm³/mol. The van der Waals surface area contributed by atoms with Gasteiger partial charge >= 0.3 is 0 Å². The fourth-order valence-electron chi connectivity index (χ4n) is 10.5. The van der Waals surface area contributed by atoms with E-state index in [-0.39, 0.29) is 23.9 Å². The normalized spacial score (nSPS) is 17.9. The Labute approximate surface area is 453 Å². The maximum atomic E-state index is 12.9. The van der Waals surface area contributed by atoms with Gasteiger partial charge in [-0.3, -0.25) is 14.5 Å². The maximum Gasteiger partial charge on any atom is 0.246 e. The standard InChI is InChI=1S/2C30H33N7O2/c1-35(22-7-5-8-22)17-6-11-26(38)36-18-16-23(19-36)37-30-27(29(31)32-20-33-30)28(34-37)21-12-14-25(15-13-21)39-24-9-3-2-4-10-24;31-29-27-28(21-13-15-25(16-14-21)39-24-10-2-1-3-11-24)35-37(30(27)34-20-33-29)23-9-6-18-36(19-23)26(38)12-5-17-32-22-7-4-8-22/h2-4,6,9-15,20,22-23H,5,7-8,16-19H2,1H3,(H2,31,32,33);1-3,5,10-16,20,22-23,32H,4,6-9,17-19H2,(H2,31,33,34)/b11-6+;12-5+. The number of piperidine rings is 1. The number of carbonyl (C=O) groups excluding carboxylic acids is 2. The molecule has 0 spiro atoms. The van der Waals surface area contributed by atoms with Crippen molar-refractivity contribution in [2.24, 2.45) is 0 Å². The molecule has 400 valence electrons. The number of benzene rings is 4. The van der Waals surface area contributed by atoms with E-state index in [1.807, 2.05) is 141 Å². The zero-order valence-electron chi connectivity index (χ0n) is 44.0. The van der Waals surface area contributed by atoms with Gasteiger partial charge in [-0.2, -0.15) is 10.2 Å². The second kappa shape index (κ2) is 23.8. The van der Waals surface area contributed by atoms with Crippen LogP contribution in [0, 0.1) is 0 Å². The average Bonchev–Trinajstić information content (AvgIpc) is 4.21. The third-order valence-electron chi connectivity index (χ3n) is 15.4. The van der Waals surface area contributed by atoms with Crippen molar-refractivity contribution in [3.63, 3.8) is 0 Å². The van der Waals surface area contributed by atoms with E-state index in [0.29, 0.717) is 54.6 Å². The van der Waals surface area contributed by atoms with Gasteiger partial charge in [-0.15, -0.1) is 0 Å². The van der Waals surface area contributed by atoms with Gasteiger partial charge in [0.15, 0.2) is 11.3 Å². The summed E-state index contributed by atoms with van der Waals surface area (Å²) in [6.07, 6.45) is 20.4. The van der Waals surface area contributed by atoms with Crippen molar-refractivity contribution in [2.45, 2.75) is 82.0 Å². The zero-order valence-corrected chi connectivity index (χ0v) is 44.0. The number of aromatic nitrogens is 8. The van der Waals surface area contributed by atoms with Crippen molar-refractivity contribution in [3.8, 4) is 45.5 Å². The van der Waals surface area contributed by atoms with Crippen molar-refractivity contribution >= 4 is 45.5 Å². The van der Waals surface area contributed by atoms with E-state index in [0.717, 1.165) is 95.2 Å². The summed E-state index contributed by atoms with van der Waals surface area (Å²) in [5.74, 6) is 3.86. The van der Waals surface area contributed by atoms with Crippen LogP contribution in [0.5, 0.6) is 23.0 Å². The molecule has 4 aromatic carbocycles. The molecule has 2 saturated carbocycles. The SMILES string of the molecule is CN(C/C=C/C(=O)N1CCC(n2nc(-c3ccc(Oc4ccccc4)cc3)c3c(N)ncnc32)C1)C1CCC1.Nc1ncnc2c1c(-c1ccc(Oc3ccccc3)cc1)nn2C1CCCN(C(=O)/C=C/CNC2CCC2)C1. The summed E-state index contributed by atoms with van der Waals surface area (Å²) in [5, 5.41) is 14.9. The predicted octanol–water partition coefficient (Wildman–Crippen LogP) is 9.41. The molecule has 8 aromatic rings. The van der Waals surface area contributed by atoms with Crippen LogP contribution in [0.2, 0.25) is 0 Å². The summed E-state index contributed by atoms with van der Waals surface area (Å²) in [4.78, 5) is 49.5. The molecule has 78 heavy (non-hydrogen) atoms. The van der Waals surface area contributed by atoms with E-state index >= 15 is 0 Å². The number of carbonyl (C=O) groups is 2. The number of fused-ring (bicyclic) bond motifs is 2. The average molecular weight is 1050 g/mol. The molecule has 4 fully saturated rings. The number of amides is 2. The summed E-state index contributed by atoms with van der Waals surface area (Å²) < 4.78 is 15.7. The van der Waals surface area contributed by atoms with Gasteiger partial charge in [0.1, 0.15) is 58.7 Å². The number of likely N-dealkylation sites (tertiary alicyclic amines) is 2. The number of hydrogen-bond donors (Lipinski definition) is 3. The van der Waals surface area contributed by atoms with Crippen molar-refractivity contribution < 1.29 is 19.1 Å². The van der Waals surface area contributed by atoms with Crippen LogP contribution in [-0.4, -0.2) is 124 Å². The highest BCUT2D eigenvalue weighted by atomic mass is 16.5. The lowest BCUT2D eigenvalue weighted by Gasteiger charge is -2.33. The maximum absolute atomic E-state index is 12.9. The number of anilines is 2. The van der Waals surface area contributed by atoms with Crippen LogP contribution in [0.25, 0.3) is 44.6 Å². The summed E-state index contributed by atoms with van der Waals surface area (Å²) in [5.41, 5.74) is 17.3. The summed E-state index contributed by atoms with van der Waals surface area (Å²) in [6, 6.07) is 36.1. The van der Waals surface area contributed by atoms with Gasteiger partial charge < -0.3 is 36.1 Å². The van der Waals surface area contributed by atoms with Crippen molar-refractivity contribution in [2.75, 3.05) is 57.8 Å². The topological polar surface area (TPSA) is 214 Å². The monoisotopic (exact) mass is 1050 g/mol. The summed E-state index contributed by atoms with van der Waals surface area (Å²) >= 11 is 0. The Balaban J connectivity index is 0.000000165. The molecule has 5 N–H and O–H groups in total. The number of nitrogen functional groups attached to an aromatic ring is 2. The largest absolute Gasteiger partial charge is 0.457 e. The lowest BCUT2D eigenvalue weighted by molar-refractivity contribution is -0.127. The van der Waals surface area contributed by atoms with Gasteiger partial charge in [-0.05, 0) is 125 Å². The lowest BCUT2D eigenvalue weighted by Crippen LogP contribution is -2.40. The number of hydrogen-bond acceptors (Lipinski definition) is 14. The quantitative estimate of drug-likeness (QED) is 0.0770. The summed E-state index contributed by atoms with van der Waals surface area (Å²) in [6.45, 7) is 4.09. The number of nitrogens with two attached hydrogens (primary N) is 2. The van der Waals surface area contributed by atoms with Crippen LogP contribution in [0.15, 0.2) is 146 Å². The molecule has 12 rings (SSSR count). The first-order valence-corrected chi connectivity index (χ1v) is 27.2. The highest BCUT2D eigenvalue weighted by molar-refractivity contribution is 5.99. The van der Waals surface area contributed by atoms with E-state index in [9.17, 15) is 9.59 Å². The van der Waals surface area contributed by atoms with Gasteiger partial charge in [-0.1, -0.05) is 61.4 Å². The number of nitrogens with zero attached hydrogens (tertiary/aromatic N) is 11. The summed E-state index contributed by atoms with van der Waals surface area (Å²) in [7, 11) is 2.13. The van der Waals surface area contributed by atoms with Crippen LogP contribution in [0.3, 0.4) is 0 Å². The molecule has 0 bridgehead atoms. The first-order valence-electron chi connectivity index (χ1n) is 27.2. The molecule has 0 radical (unpaired) electrons. The lowest BCUT2D eigenvalue weighted by atomic mass is 9.92. The molecule has 18 nitrogen and oxygen atoms in total. The molecule has 6 heterocycles. The van der Waals surface area contributed by atoms with E-state index in [1.165, 1.54) is 51.2 Å². The number of para-hydroxylation sites is 2. The Hall–Kier alpha value is -8.48. The van der Waals surface area contributed by atoms with Crippen LogP contribution >= 0.6 is 0 Å². The van der Waals surface area contributed by atoms with Gasteiger partial charge in [-0.25, -0.2) is 29.3 Å². The minimum absolute atomic E-state index is 0.00422. The first kappa shape index (κ1) is 51.6. The molecule has 2 aliphatic heterocycles. The van der Waals surface area contributed by atoms with Gasteiger partial charge in [0, 0.05) is 74.6 Å². The number of ether oxygens (including phenoxy) is 2. The third kappa shape index (κ3) is 11.7. The first-order chi connectivity index (χ1) is 38.2. The smallest absolute Gasteiger partial charge is 0.246 e. The van der Waals surface area contributed by atoms with E-state index in [1.54, 1.807) is 12.2 Å². The van der Waals surface area contributed by atoms with Crippen molar-refractivity contribution in [1.29, 1.82) is 0 Å². The van der Waals surface area contributed by atoms with Gasteiger partial charge in [0.2, 0.25) is 11.8 Å². The van der Waals surface area contributed by atoms with E-state index in [4.69, 9.17) is 31.1 Å². The molecule has 2 amide bonds. The molecule has 2 aliphatic carbocycles. The Morgan fingerprint density at radius 2 is 1.08 bits per heavy atom. The minimum atomic E-state index is -0.00422. The number of likely N-dealkylation sites (N-methyl/N-ethyl adjacent to an activating group) is 1. The molecule has 2 atom stereocenters. The Morgan fingerprint density at radius 1 is 0.590 bits per heavy atom. The highest BCUT2D eigenvalue weighted by Gasteiger charge is 2.31. The molecule has 4 aliphatic rings. The number of nitrogens with one attached hydrogen (secondary N) is 1. The second-order valence-corrected chi connectivity index (χ2v) is 20.6. The Bertz CT molecular complexity index is 3390. The second-order valence-electron chi connectivity index (χ2n) is 20.6. The van der Waals surface area contributed by atoms with Crippen LogP contribution in [-0.2, 0) is 9.59 Å². The molecule has 2 saturated heterocycles. The Kier molecular flexibility index (Phi) is 15.8. The molecule has 18 heteroatoms.